The monoisotopic (exact) mass is 738 g/mol. The SMILES string of the molecule is CC(=O)[O-].CC(=O)[O-].CCOC(=O)/C(C=NCc1ccccn1)=C(\C)[O-].CCOC(=O)/C(C=NCc1ccccn1)=C(\C)[O-].[Cu+2].[Cu+2]. The molecule has 0 amide bonds. The molecule has 0 N–H and O–H groups in total. The Kier molecular flexibility index (Phi) is 32.3. The fourth-order valence-electron chi connectivity index (χ4n) is 2.44. The van der Waals surface area contributed by atoms with Crippen LogP contribution in [0.3, 0.4) is 0 Å². The number of ether oxygens (including phenoxy) is 2. The maximum absolute atomic E-state index is 11.4. The number of aliphatic imine (C=N–C) groups is 2. The van der Waals surface area contributed by atoms with E-state index in [1.165, 1.54) is 26.3 Å². The van der Waals surface area contributed by atoms with Gasteiger partial charge in [0.1, 0.15) is 0 Å². The predicted octanol–water partition coefficient (Wildman–Crippen LogP) is -0.793. The van der Waals surface area contributed by atoms with Crippen LogP contribution in [0.1, 0.15) is 52.9 Å². The van der Waals surface area contributed by atoms with Crippen LogP contribution in [0.15, 0.2) is 81.4 Å². The van der Waals surface area contributed by atoms with E-state index in [2.05, 4.69) is 20.0 Å². The van der Waals surface area contributed by atoms with Crippen LogP contribution in [-0.2, 0) is 75.9 Å². The van der Waals surface area contributed by atoms with Gasteiger partial charge in [-0.25, -0.2) is 9.59 Å². The molecule has 2 rings (SSSR count). The number of carbonyl (C=O) groups is 4. The number of nitrogens with zero attached hydrogens (tertiary/aromatic N) is 4. The van der Waals surface area contributed by atoms with Gasteiger partial charge in [0.15, 0.2) is 0 Å². The van der Waals surface area contributed by atoms with E-state index < -0.39 is 23.9 Å². The molecule has 0 spiro atoms. The Hall–Kier alpha value is -4.36. The molecule has 0 aliphatic rings. The summed E-state index contributed by atoms with van der Waals surface area (Å²) < 4.78 is 9.53. The Labute approximate surface area is 289 Å². The van der Waals surface area contributed by atoms with Crippen LogP contribution >= 0.6 is 0 Å². The fourth-order valence-corrected chi connectivity index (χ4v) is 2.44. The molecule has 14 nitrogen and oxygen atoms in total. The Morgan fingerprint density at radius 1 is 0.652 bits per heavy atom. The van der Waals surface area contributed by atoms with Crippen LogP contribution in [0.2, 0.25) is 0 Å². The van der Waals surface area contributed by atoms with Crippen molar-refractivity contribution < 1.29 is 83.2 Å². The standard InChI is InChI=1S/2C13H16N2O3.2C2H4O2.2Cu/c2*1-3-18-13(17)12(10(2)16)9-14-8-11-6-4-5-7-15-11;2*1-2(3)4;;/h2*4-7,9,16H,3,8H2,1-2H3;2*1H3,(H,3,4);;/q;;;;2*+2/p-4/b2*12-10+,14-9?;;;;. The second-order valence-electron chi connectivity index (χ2n) is 7.95. The molecule has 46 heavy (non-hydrogen) atoms. The van der Waals surface area contributed by atoms with Gasteiger partial charge in [-0.05, 0) is 52.0 Å². The van der Waals surface area contributed by atoms with E-state index in [0.29, 0.717) is 13.1 Å². The summed E-state index contributed by atoms with van der Waals surface area (Å²) in [6.45, 7) is 9.00. The number of hydrogen-bond acceptors (Lipinski definition) is 14. The van der Waals surface area contributed by atoms with Crippen molar-refractivity contribution >= 4 is 36.3 Å². The zero-order valence-electron chi connectivity index (χ0n) is 26.1. The first-order valence-electron chi connectivity index (χ1n) is 13.0. The maximum atomic E-state index is 11.4. The molecule has 0 saturated carbocycles. The summed E-state index contributed by atoms with van der Waals surface area (Å²) in [5, 5.41) is 40.3. The average Bonchev–Trinajstić information content (AvgIpc) is 2.94. The van der Waals surface area contributed by atoms with E-state index in [9.17, 15) is 19.8 Å². The van der Waals surface area contributed by atoms with Crippen molar-refractivity contribution in [3.63, 3.8) is 0 Å². The number of pyridine rings is 2. The van der Waals surface area contributed by atoms with Crippen molar-refractivity contribution in [3.05, 3.63) is 82.8 Å². The van der Waals surface area contributed by atoms with Crippen molar-refractivity contribution in [2.45, 2.75) is 54.6 Å². The summed E-state index contributed by atoms with van der Waals surface area (Å²) >= 11 is 0. The summed E-state index contributed by atoms with van der Waals surface area (Å²) in [6.07, 6.45) is 5.81. The van der Waals surface area contributed by atoms with Gasteiger partial charge in [-0.15, -0.1) is 11.5 Å². The summed E-state index contributed by atoms with van der Waals surface area (Å²) in [5.74, 6) is -4.18. The van der Waals surface area contributed by atoms with Gasteiger partial charge in [0.05, 0.1) is 48.8 Å². The quantitative estimate of drug-likeness (QED) is 0.0960. The van der Waals surface area contributed by atoms with Crippen molar-refractivity contribution in [1.29, 1.82) is 0 Å². The minimum Gasteiger partial charge on any atom is -0.875 e. The van der Waals surface area contributed by atoms with E-state index >= 15 is 0 Å². The summed E-state index contributed by atoms with van der Waals surface area (Å²) in [6, 6.07) is 10.9. The Morgan fingerprint density at radius 3 is 1.17 bits per heavy atom. The van der Waals surface area contributed by atoms with Gasteiger partial charge in [0.25, 0.3) is 0 Å². The number of hydrogen-bond donors (Lipinski definition) is 0. The molecule has 2 aromatic rings. The third kappa shape index (κ3) is 28.4. The van der Waals surface area contributed by atoms with Gasteiger partial charge in [-0.3, -0.25) is 20.0 Å². The van der Waals surface area contributed by atoms with Crippen LogP contribution in [0, 0.1) is 0 Å². The molecule has 2 radical (unpaired) electrons. The van der Waals surface area contributed by atoms with E-state index in [1.54, 1.807) is 38.4 Å². The molecule has 0 fully saturated rings. The van der Waals surface area contributed by atoms with Gasteiger partial charge >= 0.3 is 46.1 Å². The molecule has 0 unspecified atom stereocenters. The molecular weight excluding hydrogens is 703 g/mol. The third-order valence-corrected chi connectivity index (χ3v) is 4.15. The predicted molar refractivity (Wildman–Crippen MR) is 153 cm³/mol. The second kappa shape index (κ2) is 30.7. The van der Waals surface area contributed by atoms with E-state index in [0.717, 1.165) is 25.2 Å². The molecule has 16 heteroatoms. The molecule has 2 aromatic heterocycles. The zero-order chi connectivity index (χ0) is 33.9. The summed E-state index contributed by atoms with van der Waals surface area (Å²) in [5.41, 5.74) is 1.43. The maximum Gasteiger partial charge on any atom is 2.00 e. The van der Waals surface area contributed by atoms with Gasteiger partial charge in [-0.1, -0.05) is 26.0 Å². The van der Waals surface area contributed by atoms with Crippen molar-refractivity contribution in [2.75, 3.05) is 13.2 Å². The van der Waals surface area contributed by atoms with Gasteiger partial charge in [0.2, 0.25) is 0 Å². The largest absolute Gasteiger partial charge is 2.00 e. The molecule has 0 aliphatic heterocycles. The number of aliphatic carboxylic acids is 2. The van der Waals surface area contributed by atoms with Crippen LogP contribution in [-0.4, -0.2) is 59.5 Å². The smallest absolute Gasteiger partial charge is 0.875 e. The van der Waals surface area contributed by atoms with Crippen molar-refractivity contribution in [1.82, 2.24) is 9.97 Å². The zero-order valence-corrected chi connectivity index (χ0v) is 28.0. The minimum atomic E-state index is -1.08. The van der Waals surface area contributed by atoms with E-state index in [-0.39, 0.29) is 70.0 Å². The van der Waals surface area contributed by atoms with E-state index in [4.69, 9.17) is 29.3 Å². The summed E-state index contributed by atoms with van der Waals surface area (Å²) in [7, 11) is 0. The number of carboxylic acid groups (broad SMARTS) is 2. The first kappa shape index (κ1) is 48.5. The number of allylic oxidation sites excluding steroid dienone is 2. The van der Waals surface area contributed by atoms with Gasteiger partial charge in [0, 0.05) is 36.8 Å². The molecule has 0 atom stereocenters. The van der Waals surface area contributed by atoms with Crippen molar-refractivity contribution in [3.8, 4) is 0 Å². The van der Waals surface area contributed by atoms with Crippen LogP contribution in [0.25, 0.3) is 0 Å². The molecule has 0 aliphatic carbocycles. The molecule has 2 heterocycles. The average molecular weight is 740 g/mol. The van der Waals surface area contributed by atoms with Crippen LogP contribution in [0.4, 0.5) is 0 Å². The van der Waals surface area contributed by atoms with Crippen LogP contribution in [0.5, 0.6) is 0 Å². The Bertz CT molecular complexity index is 1170. The molecule has 0 saturated heterocycles. The van der Waals surface area contributed by atoms with E-state index in [1.807, 2.05) is 24.3 Å². The molecule has 0 bridgehead atoms. The number of rotatable bonds is 10. The number of carboxylic acids is 2. The molecular formula is C30H36Cu2N4O10. The first-order chi connectivity index (χ1) is 20.8. The molecule has 258 valence electrons. The topological polar surface area (TPSA) is 229 Å². The number of aromatic nitrogens is 2. The Balaban J connectivity index is -0.000000300. The van der Waals surface area contributed by atoms with Crippen molar-refractivity contribution in [2.24, 2.45) is 9.98 Å². The fraction of sp³-hybridized carbons (Fsp3) is 0.333. The minimum absolute atomic E-state index is 0. The van der Waals surface area contributed by atoms with Gasteiger partial charge < -0.3 is 39.5 Å². The first-order valence-corrected chi connectivity index (χ1v) is 13.0. The van der Waals surface area contributed by atoms with Gasteiger partial charge in [-0.2, -0.15) is 0 Å². The number of carbonyl (C=O) groups excluding carboxylic acids is 4. The second-order valence-corrected chi connectivity index (χ2v) is 7.95. The Morgan fingerprint density at radius 2 is 0.957 bits per heavy atom. The summed E-state index contributed by atoms with van der Waals surface area (Å²) in [4.78, 5) is 56.9. The normalized spacial score (nSPS) is 10.7. The van der Waals surface area contributed by atoms with Crippen LogP contribution < -0.4 is 20.4 Å². The molecule has 0 aromatic carbocycles. The third-order valence-electron chi connectivity index (χ3n) is 4.15. The number of esters is 2.